The van der Waals surface area contributed by atoms with Gasteiger partial charge < -0.3 is 10.4 Å². The van der Waals surface area contributed by atoms with Crippen LogP contribution in [0.15, 0.2) is 71.7 Å². The van der Waals surface area contributed by atoms with E-state index in [-0.39, 0.29) is 16.7 Å². The van der Waals surface area contributed by atoms with Crippen molar-refractivity contribution < 1.29 is 18.7 Å². The predicted molar refractivity (Wildman–Crippen MR) is 103 cm³/mol. The number of fused-ring (bicyclic) bond motifs is 1. The molecule has 0 aliphatic rings. The van der Waals surface area contributed by atoms with E-state index in [1.165, 1.54) is 16.8 Å². The number of benzene rings is 2. The summed E-state index contributed by atoms with van der Waals surface area (Å²) in [7, 11) is 0. The first-order valence-corrected chi connectivity index (χ1v) is 8.51. The fourth-order valence-corrected chi connectivity index (χ4v) is 3.04. The number of aromatic hydroxyl groups is 1. The van der Waals surface area contributed by atoms with Gasteiger partial charge in [0.25, 0.3) is 11.5 Å². The van der Waals surface area contributed by atoms with Crippen LogP contribution in [0.4, 0.5) is 14.5 Å². The van der Waals surface area contributed by atoms with Crippen molar-refractivity contribution in [2.45, 2.75) is 0 Å². The number of nitrogens with one attached hydrogen (secondary N) is 1. The van der Waals surface area contributed by atoms with Crippen LogP contribution in [0.1, 0.15) is 10.4 Å². The minimum atomic E-state index is -1.01. The van der Waals surface area contributed by atoms with Gasteiger partial charge in [-0.25, -0.2) is 13.8 Å². The summed E-state index contributed by atoms with van der Waals surface area (Å²) in [6.07, 6.45) is 1.45. The Bertz CT molecular complexity index is 1280. The topological polar surface area (TPSA) is 84.2 Å². The molecule has 0 aliphatic heterocycles. The van der Waals surface area contributed by atoms with Gasteiger partial charge in [-0.15, -0.1) is 0 Å². The molecule has 0 saturated heterocycles. The van der Waals surface area contributed by atoms with Crippen LogP contribution in [0.5, 0.6) is 5.75 Å². The number of carbonyl (C=O) groups is 1. The molecule has 6 nitrogen and oxygen atoms in total. The molecule has 29 heavy (non-hydrogen) atoms. The molecule has 0 spiro atoms. The molecule has 2 heterocycles. The highest BCUT2D eigenvalue weighted by Crippen LogP contribution is 2.27. The summed E-state index contributed by atoms with van der Waals surface area (Å²) in [5, 5.41) is 13.0. The predicted octanol–water partition coefficient (Wildman–Crippen LogP) is 3.62. The van der Waals surface area contributed by atoms with E-state index in [2.05, 4.69) is 10.3 Å². The van der Waals surface area contributed by atoms with Crippen LogP contribution >= 0.6 is 0 Å². The molecule has 2 aromatic heterocycles. The summed E-state index contributed by atoms with van der Waals surface area (Å²) in [5.74, 6) is -3.37. The molecule has 0 bridgehead atoms. The van der Waals surface area contributed by atoms with Gasteiger partial charge in [-0.05, 0) is 36.4 Å². The van der Waals surface area contributed by atoms with Gasteiger partial charge in [0.05, 0.1) is 11.1 Å². The van der Waals surface area contributed by atoms with E-state index in [0.717, 1.165) is 12.1 Å². The molecule has 0 atom stereocenters. The Balaban J connectivity index is 1.93. The van der Waals surface area contributed by atoms with Crippen LogP contribution in [-0.4, -0.2) is 20.6 Å². The molecule has 0 saturated carbocycles. The standard InChI is InChI=1S/C21H13F2N3O3/c22-12-9-13(23)11-14(10-12)25-20(28)17-18(27)16-7-4-8-24-19(16)26(21(17)29)15-5-2-1-3-6-15/h1-11,27H,(H,25,28). The lowest BCUT2D eigenvalue weighted by Crippen LogP contribution is -2.29. The van der Waals surface area contributed by atoms with Gasteiger partial charge >= 0.3 is 0 Å². The highest BCUT2D eigenvalue weighted by atomic mass is 19.1. The number of hydrogen-bond donors (Lipinski definition) is 2. The Labute approximate surface area is 162 Å². The zero-order valence-corrected chi connectivity index (χ0v) is 14.8. The number of anilines is 1. The van der Waals surface area contributed by atoms with Crippen molar-refractivity contribution in [1.82, 2.24) is 9.55 Å². The molecule has 4 aromatic rings. The maximum absolute atomic E-state index is 13.4. The van der Waals surface area contributed by atoms with E-state index in [4.69, 9.17) is 0 Å². The maximum Gasteiger partial charge on any atom is 0.273 e. The number of aromatic nitrogens is 2. The monoisotopic (exact) mass is 393 g/mol. The molecule has 2 N–H and O–H groups in total. The van der Waals surface area contributed by atoms with Gasteiger partial charge in [-0.1, -0.05) is 18.2 Å². The second-order valence-corrected chi connectivity index (χ2v) is 6.19. The van der Waals surface area contributed by atoms with Gasteiger partial charge in [0, 0.05) is 18.0 Å². The average Bonchev–Trinajstić information content (AvgIpc) is 2.68. The largest absolute Gasteiger partial charge is 0.506 e. The number of rotatable bonds is 3. The Morgan fingerprint density at radius 1 is 1.00 bits per heavy atom. The van der Waals surface area contributed by atoms with E-state index in [9.17, 15) is 23.5 Å². The minimum absolute atomic E-state index is 0.162. The highest BCUT2D eigenvalue weighted by Gasteiger charge is 2.24. The first kappa shape index (κ1) is 18.3. The summed E-state index contributed by atoms with van der Waals surface area (Å²) in [6.45, 7) is 0. The SMILES string of the molecule is O=C(Nc1cc(F)cc(F)c1)c1c(O)c2cccnc2n(-c2ccccc2)c1=O. The summed E-state index contributed by atoms with van der Waals surface area (Å²) >= 11 is 0. The fourth-order valence-electron chi connectivity index (χ4n) is 3.04. The molecule has 1 amide bonds. The van der Waals surface area contributed by atoms with E-state index >= 15 is 0 Å². The van der Waals surface area contributed by atoms with Crippen LogP contribution in [0.2, 0.25) is 0 Å². The second-order valence-electron chi connectivity index (χ2n) is 6.19. The van der Waals surface area contributed by atoms with Crippen LogP contribution < -0.4 is 10.9 Å². The summed E-state index contributed by atoms with van der Waals surface area (Å²) in [6, 6.07) is 14.0. The summed E-state index contributed by atoms with van der Waals surface area (Å²) in [4.78, 5) is 30.0. The smallest absolute Gasteiger partial charge is 0.273 e. The van der Waals surface area contributed by atoms with Crippen LogP contribution in [-0.2, 0) is 0 Å². The van der Waals surface area contributed by atoms with Gasteiger partial charge in [-0.3, -0.25) is 14.2 Å². The molecular weight excluding hydrogens is 380 g/mol. The van der Waals surface area contributed by atoms with Gasteiger partial charge in [0.15, 0.2) is 5.65 Å². The Kier molecular flexibility index (Phi) is 4.52. The number of pyridine rings is 2. The Hall–Kier alpha value is -4.07. The van der Waals surface area contributed by atoms with Crippen LogP contribution in [0, 0.1) is 11.6 Å². The zero-order valence-electron chi connectivity index (χ0n) is 14.8. The Morgan fingerprint density at radius 3 is 2.38 bits per heavy atom. The lowest BCUT2D eigenvalue weighted by atomic mass is 10.1. The first-order valence-electron chi connectivity index (χ1n) is 8.51. The molecule has 0 radical (unpaired) electrons. The molecule has 0 fully saturated rings. The number of para-hydroxylation sites is 1. The van der Waals surface area contributed by atoms with E-state index in [0.29, 0.717) is 11.8 Å². The average molecular weight is 393 g/mol. The van der Waals surface area contributed by atoms with E-state index in [1.54, 1.807) is 36.4 Å². The lowest BCUT2D eigenvalue weighted by molar-refractivity contribution is 0.102. The van der Waals surface area contributed by atoms with Crippen molar-refractivity contribution in [2.24, 2.45) is 0 Å². The van der Waals surface area contributed by atoms with Crippen LogP contribution in [0.3, 0.4) is 0 Å². The third kappa shape index (κ3) is 3.31. The van der Waals surface area contributed by atoms with Gasteiger partial charge in [-0.2, -0.15) is 0 Å². The number of hydrogen-bond acceptors (Lipinski definition) is 4. The van der Waals surface area contributed by atoms with Crippen molar-refractivity contribution in [3.8, 4) is 11.4 Å². The normalized spacial score (nSPS) is 10.8. The van der Waals surface area contributed by atoms with Gasteiger partial charge in [0.2, 0.25) is 0 Å². The highest BCUT2D eigenvalue weighted by molar-refractivity contribution is 6.09. The molecule has 0 aliphatic carbocycles. The zero-order chi connectivity index (χ0) is 20.5. The number of halogens is 2. The van der Waals surface area contributed by atoms with E-state index in [1.807, 2.05) is 0 Å². The molecule has 8 heteroatoms. The molecule has 4 rings (SSSR count). The molecule has 2 aromatic carbocycles. The van der Waals surface area contributed by atoms with Gasteiger partial charge in [0.1, 0.15) is 22.9 Å². The summed E-state index contributed by atoms with van der Waals surface area (Å²) in [5.41, 5.74) is -0.987. The number of nitrogens with zero attached hydrogens (tertiary/aromatic N) is 2. The van der Waals surface area contributed by atoms with Crippen molar-refractivity contribution in [1.29, 1.82) is 0 Å². The van der Waals surface area contributed by atoms with Crippen LogP contribution in [0.25, 0.3) is 16.7 Å². The van der Waals surface area contributed by atoms with Crippen molar-refractivity contribution in [2.75, 3.05) is 5.32 Å². The summed E-state index contributed by atoms with van der Waals surface area (Å²) < 4.78 is 28.0. The second kappa shape index (κ2) is 7.16. The number of amides is 1. The minimum Gasteiger partial charge on any atom is -0.506 e. The van der Waals surface area contributed by atoms with Crippen molar-refractivity contribution in [3.05, 3.63) is 94.4 Å². The van der Waals surface area contributed by atoms with E-state index < -0.39 is 34.4 Å². The molecule has 0 unspecified atom stereocenters. The number of carbonyl (C=O) groups excluding carboxylic acids is 1. The lowest BCUT2D eigenvalue weighted by Gasteiger charge is -2.14. The quantitative estimate of drug-likeness (QED) is 0.557. The maximum atomic E-state index is 13.4. The Morgan fingerprint density at radius 2 is 1.69 bits per heavy atom. The third-order valence-corrected chi connectivity index (χ3v) is 4.27. The van der Waals surface area contributed by atoms with Crippen molar-refractivity contribution >= 4 is 22.6 Å². The first-order chi connectivity index (χ1) is 14.0. The molecule has 144 valence electrons. The molecular formula is C21H13F2N3O3. The third-order valence-electron chi connectivity index (χ3n) is 4.27. The fraction of sp³-hybridized carbons (Fsp3) is 0. The van der Waals surface area contributed by atoms with Crippen molar-refractivity contribution in [3.63, 3.8) is 0 Å².